The fraction of sp³-hybridized carbons (Fsp3) is 0.562. The third kappa shape index (κ3) is 4.20. The number of rotatable bonds is 5. The lowest BCUT2D eigenvalue weighted by Crippen LogP contribution is -2.49. The van der Waals surface area contributed by atoms with Crippen LogP contribution < -0.4 is 5.32 Å². The number of aromatic carboxylic acids is 1. The number of carbonyl (C=O) groups is 1. The van der Waals surface area contributed by atoms with Crippen molar-refractivity contribution in [3.05, 3.63) is 35.4 Å². The lowest BCUT2D eigenvalue weighted by atomic mass is 9.79. The van der Waals surface area contributed by atoms with Crippen LogP contribution in [0.1, 0.15) is 35.8 Å². The third-order valence-corrected chi connectivity index (χ3v) is 4.14. The molecule has 1 heterocycles. The zero-order valence-electron chi connectivity index (χ0n) is 13.1. The first-order valence-electron chi connectivity index (χ1n) is 7.34. The van der Waals surface area contributed by atoms with Gasteiger partial charge in [0.2, 0.25) is 0 Å². The van der Waals surface area contributed by atoms with E-state index in [0.717, 1.165) is 31.7 Å². The Balaban J connectivity index is 0.00000242. The summed E-state index contributed by atoms with van der Waals surface area (Å²) in [6.45, 7) is 7.90. The molecule has 0 unspecified atom stereocenters. The Bertz CT molecular complexity index is 485. The molecule has 1 fully saturated rings. The minimum absolute atomic E-state index is 0. The summed E-state index contributed by atoms with van der Waals surface area (Å²) in [5.74, 6) is -0.915. The number of carboxylic acids is 1. The first-order chi connectivity index (χ1) is 9.95. The van der Waals surface area contributed by atoms with Gasteiger partial charge in [-0.05, 0) is 17.7 Å². The molecule has 5 nitrogen and oxygen atoms in total. The number of hydrogen-bond donors (Lipinski definition) is 3. The van der Waals surface area contributed by atoms with E-state index in [1.165, 1.54) is 0 Å². The molecule has 3 N–H and O–H groups in total. The van der Waals surface area contributed by atoms with Crippen molar-refractivity contribution in [2.24, 2.45) is 5.41 Å². The van der Waals surface area contributed by atoms with Crippen LogP contribution in [0.25, 0.3) is 0 Å². The third-order valence-electron chi connectivity index (χ3n) is 4.14. The molecule has 0 bridgehead atoms. The van der Waals surface area contributed by atoms with Gasteiger partial charge in [0.1, 0.15) is 0 Å². The number of nitrogens with zero attached hydrogens (tertiary/aromatic N) is 1. The Morgan fingerprint density at radius 2 is 1.82 bits per heavy atom. The molecule has 0 radical (unpaired) electrons. The average molecular weight is 329 g/mol. The van der Waals surface area contributed by atoms with E-state index in [-0.39, 0.29) is 30.5 Å². The molecule has 2 rings (SSSR count). The summed E-state index contributed by atoms with van der Waals surface area (Å²) in [6, 6.07) is 7.09. The van der Waals surface area contributed by atoms with Crippen molar-refractivity contribution in [2.75, 3.05) is 32.8 Å². The molecule has 1 aromatic carbocycles. The van der Waals surface area contributed by atoms with Crippen LogP contribution in [-0.4, -0.2) is 53.9 Å². The maximum atomic E-state index is 11.0. The van der Waals surface area contributed by atoms with Gasteiger partial charge in [0.25, 0.3) is 0 Å². The Morgan fingerprint density at radius 3 is 2.27 bits per heavy atom. The molecule has 1 aliphatic heterocycles. The monoisotopic (exact) mass is 328 g/mol. The van der Waals surface area contributed by atoms with Gasteiger partial charge in [-0.3, -0.25) is 4.90 Å². The van der Waals surface area contributed by atoms with E-state index in [1.54, 1.807) is 12.1 Å². The molecule has 0 amide bonds. The van der Waals surface area contributed by atoms with Crippen molar-refractivity contribution in [3.63, 3.8) is 0 Å². The summed E-state index contributed by atoms with van der Waals surface area (Å²) in [6.07, 6.45) is 0. The number of aliphatic hydroxyl groups is 1. The van der Waals surface area contributed by atoms with Crippen LogP contribution in [0.15, 0.2) is 24.3 Å². The zero-order chi connectivity index (χ0) is 15.5. The van der Waals surface area contributed by atoms with Crippen molar-refractivity contribution in [1.29, 1.82) is 0 Å². The number of piperazine rings is 1. The van der Waals surface area contributed by atoms with Crippen molar-refractivity contribution in [1.82, 2.24) is 10.2 Å². The van der Waals surface area contributed by atoms with E-state index in [1.807, 2.05) is 26.0 Å². The molecule has 22 heavy (non-hydrogen) atoms. The molecule has 124 valence electrons. The number of nitrogens with one attached hydrogen (secondary N) is 1. The number of halogens is 1. The van der Waals surface area contributed by atoms with Crippen LogP contribution in [0, 0.1) is 5.41 Å². The van der Waals surface area contributed by atoms with Gasteiger partial charge in [0.05, 0.1) is 5.56 Å². The number of hydrogen-bond acceptors (Lipinski definition) is 4. The van der Waals surface area contributed by atoms with Crippen molar-refractivity contribution >= 4 is 18.4 Å². The Labute approximate surface area is 137 Å². The van der Waals surface area contributed by atoms with Crippen LogP contribution in [0.4, 0.5) is 0 Å². The molecule has 1 aliphatic rings. The Kier molecular flexibility index (Phi) is 6.81. The molecule has 0 saturated carbocycles. The fourth-order valence-corrected chi connectivity index (χ4v) is 2.99. The number of benzene rings is 1. The maximum Gasteiger partial charge on any atom is 0.335 e. The van der Waals surface area contributed by atoms with E-state index in [9.17, 15) is 9.90 Å². The van der Waals surface area contributed by atoms with Crippen molar-refractivity contribution in [2.45, 2.75) is 19.9 Å². The van der Waals surface area contributed by atoms with Gasteiger partial charge in [-0.25, -0.2) is 4.79 Å². The second-order valence-electron chi connectivity index (χ2n) is 6.26. The second-order valence-corrected chi connectivity index (χ2v) is 6.26. The van der Waals surface area contributed by atoms with E-state index in [0.29, 0.717) is 5.56 Å². The highest BCUT2D eigenvalue weighted by Crippen LogP contribution is 2.38. The van der Waals surface area contributed by atoms with Gasteiger partial charge < -0.3 is 15.5 Å². The fourth-order valence-electron chi connectivity index (χ4n) is 2.99. The Morgan fingerprint density at radius 1 is 1.27 bits per heavy atom. The predicted octanol–water partition coefficient (Wildman–Crippen LogP) is 1.77. The van der Waals surface area contributed by atoms with Crippen molar-refractivity contribution in [3.8, 4) is 0 Å². The summed E-state index contributed by atoms with van der Waals surface area (Å²) in [5.41, 5.74) is 1.06. The maximum absolute atomic E-state index is 11.0. The first-order valence-corrected chi connectivity index (χ1v) is 7.34. The van der Waals surface area contributed by atoms with Gasteiger partial charge in [-0.1, -0.05) is 26.0 Å². The van der Waals surface area contributed by atoms with Gasteiger partial charge in [0, 0.05) is 44.2 Å². The molecule has 1 atom stereocenters. The summed E-state index contributed by atoms with van der Waals surface area (Å²) < 4.78 is 0. The molecular formula is C16H25ClN2O3. The predicted molar refractivity (Wildman–Crippen MR) is 88.7 cm³/mol. The first kappa shape index (κ1) is 18.9. The number of aliphatic hydroxyl groups excluding tert-OH is 1. The zero-order valence-corrected chi connectivity index (χ0v) is 13.9. The van der Waals surface area contributed by atoms with Crippen molar-refractivity contribution < 1.29 is 15.0 Å². The normalized spacial score (nSPS) is 17.6. The smallest absolute Gasteiger partial charge is 0.335 e. The minimum atomic E-state index is -0.915. The molecule has 0 spiro atoms. The van der Waals surface area contributed by atoms with Gasteiger partial charge >= 0.3 is 5.97 Å². The summed E-state index contributed by atoms with van der Waals surface area (Å²) in [7, 11) is 0. The van der Waals surface area contributed by atoms with Gasteiger partial charge in [-0.15, -0.1) is 12.4 Å². The lowest BCUT2D eigenvalue weighted by Gasteiger charge is -2.43. The quantitative estimate of drug-likeness (QED) is 0.768. The minimum Gasteiger partial charge on any atom is -0.478 e. The van der Waals surface area contributed by atoms with Crippen LogP contribution in [-0.2, 0) is 0 Å². The molecule has 1 aromatic rings. The highest BCUT2D eigenvalue weighted by molar-refractivity contribution is 5.87. The largest absolute Gasteiger partial charge is 0.478 e. The van der Waals surface area contributed by atoms with Crippen LogP contribution in [0.2, 0.25) is 0 Å². The van der Waals surface area contributed by atoms with Crippen LogP contribution in [0.3, 0.4) is 0 Å². The highest BCUT2D eigenvalue weighted by atomic mass is 35.5. The Hall–Kier alpha value is -1.14. The standard InChI is InChI=1S/C16H24N2O3.ClH/c1-16(2,11-19)14(18-9-7-17-8-10-18)12-3-5-13(6-4-12)15(20)21;/h3-6,14,17,19H,7-11H2,1-2H3,(H,20,21);1H/t14-;/m0./s1. The SMILES string of the molecule is CC(C)(CO)[C@H](c1ccc(C(=O)O)cc1)N1CCNCC1.Cl. The van der Waals surface area contributed by atoms with E-state index >= 15 is 0 Å². The van der Waals surface area contributed by atoms with Crippen LogP contribution in [0.5, 0.6) is 0 Å². The molecule has 6 heteroatoms. The topological polar surface area (TPSA) is 72.8 Å². The van der Waals surface area contributed by atoms with E-state index in [2.05, 4.69) is 10.2 Å². The average Bonchev–Trinajstić information content (AvgIpc) is 2.49. The lowest BCUT2D eigenvalue weighted by molar-refractivity contribution is 0.0305. The molecule has 0 aliphatic carbocycles. The van der Waals surface area contributed by atoms with Crippen LogP contribution >= 0.6 is 12.4 Å². The van der Waals surface area contributed by atoms with E-state index in [4.69, 9.17) is 5.11 Å². The summed E-state index contributed by atoms with van der Waals surface area (Å²) >= 11 is 0. The molecule has 0 aromatic heterocycles. The van der Waals surface area contributed by atoms with Gasteiger partial charge in [0.15, 0.2) is 0 Å². The van der Waals surface area contributed by atoms with E-state index < -0.39 is 5.97 Å². The second kappa shape index (κ2) is 7.92. The summed E-state index contributed by atoms with van der Waals surface area (Å²) in [4.78, 5) is 13.3. The molecular weight excluding hydrogens is 304 g/mol. The summed E-state index contributed by atoms with van der Waals surface area (Å²) in [5, 5.41) is 22.1. The molecule has 1 saturated heterocycles. The highest BCUT2D eigenvalue weighted by Gasteiger charge is 2.35. The number of carboxylic acid groups (broad SMARTS) is 1. The van der Waals surface area contributed by atoms with Gasteiger partial charge in [-0.2, -0.15) is 0 Å².